The second-order valence-corrected chi connectivity index (χ2v) is 7.53. The van der Waals surface area contributed by atoms with Crippen molar-refractivity contribution in [1.82, 2.24) is 5.32 Å². The van der Waals surface area contributed by atoms with Gasteiger partial charge in [0, 0.05) is 23.4 Å². The molecule has 0 radical (unpaired) electrons. The van der Waals surface area contributed by atoms with Crippen molar-refractivity contribution in [2.45, 2.75) is 37.7 Å². The molecule has 1 aliphatic rings. The van der Waals surface area contributed by atoms with Crippen molar-refractivity contribution in [1.29, 1.82) is 0 Å². The second kappa shape index (κ2) is 6.93. The van der Waals surface area contributed by atoms with E-state index in [1.54, 1.807) is 7.11 Å². The molecule has 0 amide bonds. The summed E-state index contributed by atoms with van der Waals surface area (Å²) in [7, 11) is 3.72. The first-order valence-electron chi connectivity index (χ1n) is 8.17. The van der Waals surface area contributed by atoms with Crippen LogP contribution in [0.4, 0.5) is 0 Å². The lowest BCUT2D eigenvalue weighted by atomic mass is 9.81. The molecule has 1 aromatic heterocycles. The second-order valence-electron chi connectivity index (χ2n) is 6.49. The number of hydrogen-bond donors (Lipinski definition) is 1. The molecule has 2 aromatic rings. The van der Waals surface area contributed by atoms with E-state index in [9.17, 15) is 0 Å². The number of benzene rings is 1. The maximum Gasteiger partial charge on any atom is 0.127 e. The third kappa shape index (κ3) is 3.70. The summed E-state index contributed by atoms with van der Waals surface area (Å²) in [4.78, 5) is 1.43. The highest BCUT2D eigenvalue weighted by Gasteiger charge is 2.37. The van der Waals surface area contributed by atoms with E-state index in [1.165, 1.54) is 10.4 Å². The van der Waals surface area contributed by atoms with Gasteiger partial charge in [-0.3, -0.25) is 0 Å². The zero-order valence-corrected chi connectivity index (χ0v) is 14.9. The summed E-state index contributed by atoms with van der Waals surface area (Å²) < 4.78 is 11.8. The zero-order chi connectivity index (χ0) is 16.3. The molecule has 0 spiro atoms. The van der Waals surface area contributed by atoms with Gasteiger partial charge in [-0.2, -0.15) is 0 Å². The Morgan fingerprint density at radius 2 is 2.26 bits per heavy atom. The monoisotopic (exact) mass is 331 g/mol. The standard InChI is InChI=1S/C19H25NO2S/c1-19(9-8-16-5-4-10-23-16)12-14(13-20-2)17-7-6-15(21-3)11-18(17)22-19/h4-7,10-11,14,20H,8-9,12-13H2,1-3H3. The molecule has 0 aliphatic carbocycles. The van der Waals surface area contributed by atoms with Gasteiger partial charge in [0.25, 0.3) is 0 Å². The van der Waals surface area contributed by atoms with Gasteiger partial charge in [0.15, 0.2) is 0 Å². The number of thiophene rings is 1. The molecular formula is C19H25NO2S. The first kappa shape index (κ1) is 16.3. The number of nitrogens with one attached hydrogen (secondary N) is 1. The van der Waals surface area contributed by atoms with Crippen LogP contribution in [0.2, 0.25) is 0 Å². The van der Waals surface area contributed by atoms with Crippen LogP contribution in [0.1, 0.15) is 36.1 Å². The highest BCUT2D eigenvalue weighted by atomic mass is 32.1. The molecule has 23 heavy (non-hydrogen) atoms. The number of methoxy groups -OCH3 is 1. The van der Waals surface area contributed by atoms with Crippen LogP contribution in [0.3, 0.4) is 0 Å². The van der Waals surface area contributed by atoms with E-state index in [-0.39, 0.29) is 5.60 Å². The van der Waals surface area contributed by atoms with Crippen molar-refractivity contribution in [2.24, 2.45) is 0 Å². The van der Waals surface area contributed by atoms with E-state index < -0.39 is 0 Å². The molecule has 1 aliphatic heterocycles. The van der Waals surface area contributed by atoms with Crippen LogP contribution in [0, 0.1) is 0 Å². The molecule has 2 unspecified atom stereocenters. The number of rotatable bonds is 6. The Kier molecular flexibility index (Phi) is 4.93. The molecule has 1 aromatic carbocycles. The quantitative estimate of drug-likeness (QED) is 0.859. The fourth-order valence-corrected chi connectivity index (χ4v) is 4.14. The number of fused-ring (bicyclic) bond motifs is 1. The van der Waals surface area contributed by atoms with Gasteiger partial charge >= 0.3 is 0 Å². The molecule has 0 bridgehead atoms. The summed E-state index contributed by atoms with van der Waals surface area (Å²) >= 11 is 1.83. The minimum atomic E-state index is -0.134. The summed E-state index contributed by atoms with van der Waals surface area (Å²) in [6.45, 7) is 3.21. The topological polar surface area (TPSA) is 30.5 Å². The van der Waals surface area contributed by atoms with Gasteiger partial charge in [-0.15, -0.1) is 11.3 Å². The lowest BCUT2D eigenvalue weighted by molar-refractivity contribution is 0.0451. The SMILES string of the molecule is CNCC1CC(C)(CCc2cccs2)Oc2cc(OC)ccc21. The summed E-state index contributed by atoms with van der Waals surface area (Å²) in [6.07, 6.45) is 3.14. The molecule has 4 heteroatoms. The predicted molar refractivity (Wildman–Crippen MR) is 96.0 cm³/mol. The smallest absolute Gasteiger partial charge is 0.127 e. The number of likely N-dealkylation sites (N-methyl/N-ethyl adjacent to an activating group) is 1. The van der Waals surface area contributed by atoms with Crippen molar-refractivity contribution in [3.05, 3.63) is 46.2 Å². The lowest BCUT2D eigenvalue weighted by Gasteiger charge is -2.40. The maximum atomic E-state index is 6.43. The summed E-state index contributed by atoms with van der Waals surface area (Å²) in [6, 6.07) is 10.5. The fraction of sp³-hybridized carbons (Fsp3) is 0.474. The molecule has 0 fully saturated rings. The Hall–Kier alpha value is -1.52. The van der Waals surface area contributed by atoms with Crippen molar-refractivity contribution in [3.63, 3.8) is 0 Å². The summed E-state index contributed by atoms with van der Waals surface area (Å²) in [5, 5.41) is 5.47. The summed E-state index contributed by atoms with van der Waals surface area (Å²) in [5.74, 6) is 2.31. The normalized spacial score (nSPS) is 23.2. The van der Waals surface area contributed by atoms with Crippen LogP contribution in [0.5, 0.6) is 11.5 Å². The van der Waals surface area contributed by atoms with E-state index >= 15 is 0 Å². The Morgan fingerprint density at radius 1 is 1.39 bits per heavy atom. The van der Waals surface area contributed by atoms with Crippen molar-refractivity contribution in [3.8, 4) is 11.5 Å². The first-order valence-corrected chi connectivity index (χ1v) is 9.05. The molecule has 0 saturated heterocycles. The third-order valence-electron chi connectivity index (χ3n) is 4.63. The van der Waals surface area contributed by atoms with Gasteiger partial charge in [0.1, 0.15) is 17.1 Å². The minimum Gasteiger partial charge on any atom is -0.497 e. The van der Waals surface area contributed by atoms with Crippen LogP contribution in [0.15, 0.2) is 35.7 Å². The summed E-state index contributed by atoms with van der Waals surface area (Å²) in [5.41, 5.74) is 1.15. The predicted octanol–water partition coefficient (Wildman–Crippen LogP) is 4.23. The van der Waals surface area contributed by atoms with E-state index in [4.69, 9.17) is 9.47 Å². The molecular weight excluding hydrogens is 306 g/mol. The molecule has 1 N–H and O–H groups in total. The highest BCUT2D eigenvalue weighted by molar-refractivity contribution is 7.09. The largest absolute Gasteiger partial charge is 0.497 e. The van der Waals surface area contributed by atoms with Crippen LogP contribution < -0.4 is 14.8 Å². The van der Waals surface area contributed by atoms with Gasteiger partial charge in [-0.05, 0) is 56.3 Å². The van der Waals surface area contributed by atoms with Gasteiger partial charge < -0.3 is 14.8 Å². The van der Waals surface area contributed by atoms with Crippen molar-refractivity contribution in [2.75, 3.05) is 20.7 Å². The lowest BCUT2D eigenvalue weighted by Crippen LogP contribution is -2.40. The van der Waals surface area contributed by atoms with Crippen LogP contribution in [0.25, 0.3) is 0 Å². The Bertz CT molecular complexity index is 641. The average molecular weight is 331 g/mol. The molecule has 3 nitrogen and oxygen atoms in total. The Labute approximate surface area is 142 Å². The number of ether oxygens (including phenoxy) is 2. The molecule has 0 saturated carbocycles. The number of aryl methyl sites for hydroxylation is 1. The third-order valence-corrected chi connectivity index (χ3v) is 5.56. The first-order chi connectivity index (χ1) is 11.1. The Morgan fingerprint density at radius 3 is 2.96 bits per heavy atom. The fourth-order valence-electron chi connectivity index (χ4n) is 3.43. The van der Waals surface area contributed by atoms with E-state index in [0.717, 1.165) is 37.3 Å². The number of hydrogen-bond acceptors (Lipinski definition) is 4. The van der Waals surface area contributed by atoms with Crippen LogP contribution in [-0.4, -0.2) is 26.3 Å². The Balaban J connectivity index is 1.82. The van der Waals surface area contributed by atoms with Crippen molar-refractivity contribution < 1.29 is 9.47 Å². The minimum absolute atomic E-state index is 0.134. The highest BCUT2D eigenvalue weighted by Crippen LogP contribution is 2.44. The van der Waals surface area contributed by atoms with Crippen LogP contribution >= 0.6 is 11.3 Å². The maximum absolute atomic E-state index is 6.43. The van der Waals surface area contributed by atoms with E-state index in [1.807, 2.05) is 30.5 Å². The molecule has 2 atom stereocenters. The van der Waals surface area contributed by atoms with Gasteiger partial charge in [-0.25, -0.2) is 0 Å². The van der Waals surface area contributed by atoms with Crippen LogP contribution in [-0.2, 0) is 6.42 Å². The molecule has 2 heterocycles. The van der Waals surface area contributed by atoms with Gasteiger partial charge in [-0.1, -0.05) is 12.1 Å². The molecule has 3 rings (SSSR count). The van der Waals surface area contributed by atoms with Crippen molar-refractivity contribution >= 4 is 11.3 Å². The average Bonchev–Trinajstić information content (AvgIpc) is 3.06. The molecule has 124 valence electrons. The zero-order valence-electron chi connectivity index (χ0n) is 14.1. The van der Waals surface area contributed by atoms with E-state index in [0.29, 0.717) is 5.92 Å². The van der Waals surface area contributed by atoms with Gasteiger partial charge in [0.05, 0.1) is 7.11 Å². The van der Waals surface area contributed by atoms with E-state index in [2.05, 4.69) is 35.8 Å². The van der Waals surface area contributed by atoms with Gasteiger partial charge in [0.2, 0.25) is 0 Å².